The number of carboxylic acid groups (broad SMARTS) is 1. The van der Waals surface area contributed by atoms with Crippen LogP contribution in [0.5, 0.6) is 0 Å². The van der Waals surface area contributed by atoms with Crippen LogP contribution in [-0.4, -0.2) is 61.0 Å². The Kier molecular flexibility index (Phi) is 5.88. The molecule has 17 heavy (non-hydrogen) atoms. The molecule has 3 atom stereocenters. The van der Waals surface area contributed by atoms with Crippen LogP contribution in [0, 0.1) is 0 Å². The molecule has 1 saturated heterocycles. The summed E-state index contributed by atoms with van der Waals surface area (Å²) in [5, 5.41) is 8.97. The number of carboxylic acids is 1. The van der Waals surface area contributed by atoms with E-state index in [1.54, 1.807) is 0 Å². The Morgan fingerprint density at radius 2 is 2.35 bits per heavy atom. The Balaban J connectivity index is 2.35. The molecule has 0 bridgehead atoms. The molecule has 0 amide bonds. The van der Waals surface area contributed by atoms with Crippen LogP contribution in [0.4, 0.5) is 0 Å². The molecule has 1 heterocycles. The van der Waals surface area contributed by atoms with Gasteiger partial charge in [-0.15, -0.1) is 0 Å². The van der Waals surface area contributed by atoms with E-state index in [2.05, 4.69) is 11.8 Å². The highest BCUT2D eigenvalue weighted by Crippen LogP contribution is 2.18. The first-order chi connectivity index (χ1) is 8.06. The van der Waals surface area contributed by atoms with Crippen LogP contribution in [0.2, 0.25) is 0 Å². The van der Waals surface area contributed by atoms with Gasteiger partial charge in [0.25, 0.3) is 0 Å². The quantitative estimate of drug-likeness (QED) is 0.724. The molecule has 1 aliphatic heterocycles. The zero-order chi connectivity index (χ0) is 12.8. The second-order valence-corrected chi connectivity index (χ2v) is 4.48. The lowest BCUT2D eigenvalue weighted by molar-refractivity contribution is -0.150. The largest absolute Gasteiger partial charge is 0.479 e. The maximum atomic E-state index is 10.9. The third kappa shape index (κ3) is 4.26. The van der Waals surface area contributed by atoms with Gasteiger partial charge in [0.05, 0.1) is 6.10 Å². The molecule has 1 fully saturated rings. The van der Waals surface area contributed by atoms with Gasteiger partial charge in [-0.2, -0.15) is 0 Å². The lowest BCUT2D eigenvalue weighted by Gasteiger charge is -2.27. The zero-order valence-electron chi connectivity index (χ0n) is 10.9. The van der Waals surface area contributed by atoms with Crippen molar-refractivity contribution in [3.05, 3.63) is 0 Å². The first-order valence-electron chi connectivity index (χ1n) is 6.22. The summed E-state index contributed by atoms with van der Waals surface area (Å²) in [7, 11) is 2.01. The predicted octanol–water partition coefficient (Wildman–Crippen LogP) is 0.975. The molecule has 0 spiro atoms. The second kappa shape index (κ2) is 6.93. The van der Waals surface area contributed by atoms with Gasteiger partial charge >= 0.3 is 5.97 Å². The van der Waals surface area contributed by atoms with Crippen molar-refractivity contribution < 1.29 is 19.4 Å². The van der Waals surface area contributed by atoms with Gasteiger partial charge in [-0.1, -0.05) is 0 Å². The van der Waals surface area contributed by atoms with Gasteiger partial charge in [0, 0.05) is 25.8 Å². The van der Waals surface area contributed by atoms with Gasteiger partial charge in [-0.05, 0) is 33.7 Å². The highest BCUT2D eigenvalue weighted by atomic mass is 16.5. The summed E-state index contributed by atoms with van der Waals surface area (Å²) in [4.78, 5) is 13.1. The van der Waals surface area contributed by atoms with E-state index in [0.29, 0.717) is 19.1 Å². The van der Waals surface area contributed by atoms with Crippen LogP contribution in [0.25, 0.3) is 0 Å². The van der Waals surface area contributed by atoms with Crippen molar-refractivity contribution in [3.8, 4) is 0 Å². The third-order valence-electron chi connectivity index (χ3n) is 3.29. The number of ether oxygens (including phenoxy) is 2. The Bertz CT molecular complexity index is 247. The Hall–Kier alpha value is -0.650. The molecule has 5 heteroatoms. The maximum Gasteiger partial charge on any atom is 0.332 e. The number of nitrogens with zero attached hydrogens (tertiary/aromatic N) is 1. The van der Waals surface area contributed by atoms with Crippen LogP contribution in [0.3, 0.4) is 0 Å². The topological polar surface area (TPSA) is 59.0 Å². The van der Waals surface area contributed by atoms with Gasteiger partial charge in [-0.25, -0.2) is 4.79 Å². The summed E-state index contributed by atoms with van der Waals surface area (Å²) in [6.45, 7) is 5.82. The molecular formula is C12H23NO4. The average Bonchev–Trinajstić information content (AvgIpc) is 2.69. The summed E-state index contributed by atoms with van der Waals surface area (Å²) in [5.41, 5.74) is 0. The highest BCUT2D eigenvalue weighted by molar-refractivity contribution is 5.72. The minimum absolute atomic E-state index is 0.232. The highest BCUT2D eigenvalue weighted by Gasteiger charge is 2.28. The molecule has 1 rings (SSSR count). The first kappa shape index (κ1) is 14.4. The monoisotopic (exact) mass is 245 g/mol. The zero-order valence-corrected chi connectivity index (χ0v) is 10.9. The van der Waals surface area contributed by atoms with E-state index in [-0.39, 0.29) is 6.10 Å². The fourth-order valence-corrected chi connectivity index (χ4v) is 2.27. The number of hydrogen-bond donors (Lipinski definition) is 1. The molecule has 0 radical (unpaired) electrons. The summed E-state index contributed by atoms with van der Waals surface area (Å²) < 4.78 is 10.7. The lowest BCUT2D eigenvalue weighted by atomic mass is 10.1. The van der Waals surface area contributed by atoms with E-state index in [4.69, 9.17) is 14.6 Å². The predicted molar refractivity (Wildman–Crippen MR) is 64.1 cm³/mol. The minimum Gasteiger partial charge on any atom is -0.479 e. The van der Waals surface area contributed by atoms with Crippen LogP contribution >= 0.6 is 0 Å². The number of carbonyl (C=O) groups is 1. The molecule has 5 nitrogen and oxygen atoms in total. The van der Waals surface area contributed by atoms with E-state index < -0.39 is 12.1 Å². The fourth-order valence-electron chi connectivity index (χ4n) is 2.27. The van der Waals surface area contributed by atoms with E-state index in [9.17, 15) is 4.79 Å². The summed E-state index contributed by atoms with van der Waals surface area (Å²) in [6.07, 6.45) is 1.07. The summed E-state index contributed by atoms with van der Waals surface area (Å²) in [5.74, 6) is -0.879. The Morgan fingerprint density at radius 1 is 1.65 bits per heavy atom. The van der Waals surface area contributed by atoms with Gasteiger partial charge in [0.2, 0.25) is 0 Å². The molecule has 1 N–H and O–H groups in total. The molecule has 0 aromatic heterocycles. The van der Waals surface area contributed by atoms with E-state index in [1.165, 1.54) is 0 Å². The minimum atomic E-state index is -0.879. The molecule has 0 saturated carbocycles. The molecule has 100 valence electrons. The number of hydrogen-bond acceptors (Lipinski definition) is 4. The molecule has 3 unspecified atom stereocenters. The van der Waals surface area contributed by atoms with Crippen molar-refractivity contribution in [1.29, 1.82) is 0 Å². The van der Waals surface area contributed by atoms with E-state index in [0.717, 1.165) is 19.6 Å². The lowest BCUT2D eigenvalue weighted by Crippen LogP contribution is -2.39. The molecule has 1 aliphatic rings. The normalized spacial score (nSPS) is 26.4. The van der Waals surface area contributed by atoms with Gasteiger partial charge in [-0.3, -0.25) is 0 Å². The van der Waals surface area contributed by atoms with Crippen LogP contribution in [-0.2, 0) is 14.3 Å². The third-order valence-corrected chi connectivity index (χ3v) is 3.29. The van der Waals surface area contributed by atoms with Gasteiger partial charge in [0.1, 0.15) is 0 Å². The van der Waals surface area contributed by atoms with Crippen molar-refractivity contribution in [1.82, 2.24) is 4.90 Å². The first-order valence-corrected chi connectivity index (χ1v) is 6.22. The summed E-state index contributed by atoms with van der Waals surface area (Å²) >= 11 is 0. The number of likely N-dealkylation sites (N-methyl/N-ethyl adjacent to an activating group) is 1. The van der Waals surface area contributed by atoms with E-state index in [1.807, 2.05) is 14.0 Å². The van der Waals surface area contributed by atoms with Gasteiger partial charge in [0.15, 0.2) is 6.10 Å². The van der Waals surface area contributed by atoms with E-state index >= 15 is 0 Å². The Morgan fingerprint density at radius 3 is 2.82 bits per heavy atom. The van der Waals surface area contributed by atoms with Gasteiger partial charge < -0.3 is 19.5 Å². The standard InChI is InChI=1S/C12H23NO4/c1-4-16-11(12(14)15)5-7-13(3)10-6-8-17-9(10)2/h9-11H,4-8H2,1-3H3,(H,14,15). The van der Waals surface area contributed by atoms with Crippen LogP contribution in [0.15, 0.2) is 0 Å². The fraction of sp³-hybridized carbons (Fsp3) is 0.917. The van der Waals surface area contributed by atoms with Crippen LogP contribution in [0.1, 0.15) is 26.7 Å². The smallest absolute Gasteiger partial charge is 0.332 e. The second-order valence-electron chi connectivity index (χ2n) is 4.48. The Labute approximate surface area is 103 Å². The molecule has 0 aromatic rings. The molecule has 0 aliphatic carbocycles. The average molecular weight is 245 g/mol. The molecular weight excluding hydrogens is 222 g/mol. The van der Waals surface area contributed by atoms with Crippen molar-refractivity contribution in [2.45, 2.75) is 44.9 Å². The van der Waals surface area contributed by atoms with Crippen molar-refractivity contribution >= 4 is 5.97 Å². The number of aliphatic carboxylic acids is 1. The van der Waals surface area contributed by atoms with Crippen molar-refractivity contribution in [2.24, 2.45) is 0 Å². The number of rotatable bonds is 7. The summed E-state index contributed by atoms with van der Waals surface area (Å²) in [6, 6.07) is 0.395. The van der Waals surface area contributed by atoms with Crippen LogP contribution < -0.4 is 0 Å². The maximum absolute atomic E-state index is 10.9. The molecule has 0 aromatic carbocycles. The van der Waals surface area contributed by atoms with Crippen molar-refractivity contribution in [2.75, 3.05) is 26.8 Å². The SMILES string of the molecule is CCOC(CCN(C)C1CCOC1C)C(=O)O. The van der Waals surface area contributed by atoms with Crippen molar-refractivity contribution in [3.63, 3.8) is 0 Å².